The van der Waals surface area contributed by atoms with Crippen LogP contribution >= 0.6 is 23.1 Å². The van der Waals surface area contributed by atoms with Crippen LogP contribution in [0, 0.1) is 19.3 Å². The quantitative estimate of drug-likeness (QED) is 0.399. The van der Waals surface area contributed by atoms with Gasteiger partial charge in [-0.1, -0.05) is 62.4 Å². The van der Waals surface area contributed by atoms with E-state index in [-0.39, 0.29) is 12.0 Å². The standard InChI is InChI=1S/C24H29N3O2S2/c1-15-6-8-17(9-7-15)21-18(13-26-22(28)29)20(12-24(3,4)5)27-16(2)19(21)14-31-23-25-10-11-30-23/h6-11,26H,12-14H2,1-5H3,(H,28,29). The van der Waals surface area contributed by atoms with Gasteiger partial charge in [-0.3, -0.25) is 4.98 Å². The summed E-state index contributed by atoms with van der Waals surface area (Å²) in [4.78, 5) is 20.7. The number of benzene rings is 1. The number of thioether (sulfide) groups is 1. The van der Waals surface area contributed by atoms with Gasteiger partial charge in [0.2, 0.25) is 0 Å². The van der Waals surface area contributed by atoms with Crippen LogP contribution in [0.2, 0.25) is 0 Å². The highest BCUT2D eigenvalue weighted by molar-refractivity contribution is 8.00. The van der Waals surface area contributed by atoms with Crippen molar-refractivity contribution in [3.63, 3.8) is 0 Å². The summed E-state index contributed by atoms with van der Waals surface area (Å²) in [6.45, 7) is 10.9. The molecule has 0 saturated heterocycles. The zero-order chi connectivity index (χ0) is 22.6. The molecule has 3 rings (SSSR count). The van der Waals surface area contributed by atoms with E-state index < -0.39 is 6.09 Å². The molecule has 0 aliphatic rings. The summed E-state index contributed by atoms with van der Waals surface area (Å²) in [6.07, 6.45) is 1.55. The molecular formula is C24H29N3O2S2. The first-order valence-electron chi connectivity index (χ1n) is 10.2. The van der Waals surface area contributed by atoms with Crippen molar-refractivity contribution in [1.29, 1.82) is 0 Å². The first-order chi connectivity index (χ1) is 14.6. The maximum atomic E-state index is 11.4. The first-order valence-corrected chi connectivity index (χ1v) is 12.1. The first kappa shape index (κ1) is 23.3. The number of carbonyl (C=O) groups is 1. The third-order valence-electron chi connectivity index (χ3n) is 4.90. The molecule has 164 valence electrons. The van der Waals surface area contributed by atoms with Gasteiger partial charge in [-0.2, -0.15) is 0 Å². The van der Waals surface area contributed by atoms with Crippen LogP contribution in [0.1, 0.15) is 48.8 Å². The van der Waals surface area contributed by atoms with E-state index in [2.05, 4.69) is 69.2 Å². The minimum Gasteiger partial charge on any atom is -0.465 e. The van der Waals surface area contributed by atoms with Crippen LogP contribution in [-0.4, -0.2) is 21.2 Å². The molecule has 1 aromatic carbocycles. The van der Waals surface area contributed by atoms with Crippen molar-refractivity contribution in [3.8, 4) is 11.1 Å². The van der Waals surface area contributed by atoms with E-state index in [1.807, 2.05) is 11.6 Å². The predicted molar refractivity (Wildman–Crippen MR) is 129 cm³/mol. The molecule has 2 N–H and O–H groups in total. The summed E-state index contributed by atoms with van der Waals surface area (Å²) < 4.78 is 1.01. The molecule has 1 amide bonds. The third-order valence-corrected chi connectivity index (χ3v) is 6.89. The Morgan fingerprint density at radius 2 is 1.87 bits per heavy atom. The van der Waals surface area contributed by atoms with Crippen LogP contribution in [-0.2, 0) is 18.7 Å². The van der Waals surface area contributed by atoms with Crippen molar-refractivity contribution >= 4 is 29.2 Å². The number of thiazole rings is 1. The molecule has 3 aromatic rings. The second-order valence-electron chi connectivity index (χ2n) is 8.82. The second-order valence-corrected chi connectivity index (χ2v) is 10.9. The average molecular weight is 456 g/mol. The van der Waals surface area contributed by atoms with E-state index in [1.54, 1.807) is 23.1 Å². The van der Waals surface area contributed by atoms with Crippen LogP contribution in [0.4, 0.5) is 4.79 Å². The Bertz CT molecular complexity index is 1040. The smallest absolute Gasteiger partial charge is 0.404 e. The van der Waals surface area contributed by atoms with Crippen molar-refractivity contribution in [2.24, 2.45) is 5.41 Å². The molecule has 7 heteroatoms. The van der Waals surface area contributed by atoms with Gasteiger partial charge in [-0.05, 0) is 42.4 Å². The highest BCUT2D eigenvalue weighted by Gasteiger charge is 2.23. The maximum Gasteiger partial charge on any atom is 0.404 e. The molecule has 5 nitrogen and oxygen atoms in total. The molecule has 0 bridgehead atoms. The molecule has 2 aromatic heterocycles. The van der Waals surface area contributed by atoms with Gasteiger partial charge in [0.1, 0.15) is 4.34 Å². The fraction of sp³-hybridized carbons (Fsp3) is 0.375. The lowest BCUT2D eigenvalue weighted by atomic mass is 9.85. The monoisotopic (exact) mass is 455 g/mol. The molecule has 2 heterocycles. The number of pyridine rings is 1. The number of rotatable bonds is 7. The molecule has 0 saturated carbocycles. The van der Waals surface area contributed by atoms with Gasteiger partial charge >= 0.3 is 6.09 Å². The maximum absolute atomic E-state index is 11.4. The molecule has 31 heavy (non-hydrogen) atoms. The minimum absolute atomic E-state index is 0.0269. The topological polar surface area (TPSA) is 75.1 Å². The fourth-order valence-electron chi connectivity index (χ4n) is 3.51. The summed E-state index contributed by atoms with van der Waals surface area (Å²) in [5, 5.41) is 13.9. The highest BCUT2D eigenvalue weighted by atomic mass is 32.2. The van der Waals surface area contributed by atoms with Gasteiger partial charge in [0.15, 0.2) is 0 Å². The molecule has 0 atom stereocenters. The van der Waals surface area contributed by atoms with Crippen LogP contribution < -0.4 is 5.32 Å². The SMILES string of the molecule is Cc1ccc(-c2c(CSc3nccs3)c(C)nc(CC(C)(C)C)c2CNC(=O)O)cc1. The largest absolute Gasteiger partial charge is 0.465 e. The Morgan fingerprint density at radius 3 is 2.45 bits per heavy atom. The van der Waals surface area contributed by atoms with E-state index in [4.69, 9.17) is 4.98 Å². The van der Waals surface area contributed by atoms with Crippen molar-refractivity contribution in [2.75, 3.05) is 0 Å². The highest BCUT2D eigenvalue weighted by Crippen LogP contribution is 2.37. The number of hydrogen-bond acceptors (Lipinski definition) is 5. The van der Waals surface area contributed by atoms with E-state index in [0.717, 1.165) is 50.2 Å². The van der Waals surface area contributed by atoms with Crippen LogP contribution in [0.3, 0.4) is 0 Å². The average Bonchev–Trinajstić information content (AvgIpc) is 3.19. The number of carboxylic acid groups (broad SMARTS) is 1. The van der Waals surface area contributed by atoms with Crippen LogP contribution in [0.15, 0.2) is 40.2 Å². The number of aromatic nitrogens is 2. The van der Waals surface area contributed by atoms with Gasteiger partial charge in [0, 0.05) is 40.8 Å². The molecular weight excluding hydrogens is 426 g/mol. The lowest BCUT2D eigenvalue weighted by Crippen LogP contribution is -2.24. The van der Waals surface area contributed by atoms with Gasteiger partial charge in [-0.25, -0.2) is 9.78 Å². The molecule has 0 fully saturated rings. The van der Waals surface area contributed by atoms with Gasteiger partial charge in [-0.15, -0.1) is 11.3 Å². The van der Waals surface area contributed by atoms with Gasteiger partial charge < -0.3 is 10.4 Å². The van der Waals surface area contributed by atoms with Crippen molar-refractivity contribution in [1.82, 2.24) is 15.3 Å². The Labute approximate surface area is 192 Å². The summed E-state index contributed by atoms with van der Waals surface area (Å²) in [5.41, 5.74) is 7.42. The Balaban J connectivity index is 2.18. The summed E-state index contributed by atoms with van der Waals surface area (Å²) in [6, 6.07) is 8.43. The van der Waals surface area contributed by atoms with Crippen molar-refractivity contribution in [3.05, 3.63) is 63.9 Å². The predicted octanol–water partition coefficient (Wildman–Crippen LogP) is 6.47. The zero-order valence-electron chi connectivity index (χ0n) is 18.7. The van der Waals surface area contributed by atoms with Crippen LogP contribution in [0.25, 0.3) is 11.1 Å². The number of nitrogens with zero attached hydrogens (tertiary/aromatic N) is 2. The molecule has 0 unspecified atom stereocenters. The molecule has 0 aliphatic heterocycles. The normalized spacial score (nSPS) is 11.5. The molecule has 0 aliphatic carbocycles. The zero-order valence-corrected chi connectivity index (χ0v) is 20.3. The summed E-state index contributed by atoms with van der Waals surface area (Å²) >= 11 is 3.31. The Kier molecular flexibility index (Phi) is 7.38. The van der Waals surface area contributed by atoms with E-state index >= 15 is 0 Å². The second kappa shape index (κ2) is 9.83. The number of aryl methyl sites for hydroxylation is 2. The van der Waals surface area contributed by atoms with E-state index in [0.29, 0.717) is 0 Å². The number of amides is 1. The fourth-order valence-corrected chi connectivity index (χ4v) is 5.24. The Hall–Kier alpha value is -2.38. The Morgan fingerprint density at radius 1 is 1.16 bits per heavy atom. The van der Waals surface area contributed by atoms with E-state index in [1.165, 1.54) is 5.56 Å². The summed E-state index contributed by atoms with van der Waals surface area (Å²) in [5.74, 6) is 0.728. The van der Waals surface area contributed by atoms with Gasteiger partial charge in [0.25, 0.3) is 0 Å². The van der Waals surface area contributed by atoms with Crippen molar-refractivity contribution < 1.29 is 9.90 Å². The van der Waals surface area contributed by atoms with E-state index in [9.17, 15) is 9.90 Å². The third kappa shape index (κ3) is 6.31. The summed E-state index contributed by atoms with van der Waals surface area (Å²) in [7, 11) is 0. The lowest BCUT2D eigenvalue weighted by molar-refractivity contribution is 0.194. The van der Waals surface area contributed by atoms with Crippen LogP contribution in [0.5, 0.6) is 0 Å². The molecule has 0 radical (unpaired) electrons. The number of hydrogen-bond donors (Lipinski definition) is 2. The van der Waals surface area contributed by atoms with Crippen molar-refractivity contribution in [2.45, 2.75) is 57.7 Å². The molecule has 0 spiro atoms. The lowest BCUT2D eigenvalue weighted by Gasteiger charge is -2.25. The number of nitrogens with one attached hydrogen (secondary N) is 1. The minimum atomic E-state index is -1.03. The van der Waals surface area contributed by atoms with Gasteiger partial charge in [0.05, 0.1) is 0 Å².